The number of rotatable bonds is 3. The Morgan fingerprint density at radius 1 is 1.00 bits per heavy atom. The fourth-order valence-corrected chi connectivity index (χ4v) is 4.30. The number of hydrogen-bond donors (Lipinski definition) is 2. The van der Waals surface area contributed by atoms with Crippen molar-refractivity contribution in [2.24, 2.45) is 11.1 Å². The molecule has 0 bridgehead atoms. The maximum atomic E-state index is 6.28. The maximum Gasteiger partial charge on any atom is 0.0637 e. The minimum atomic E-state index is 0.0405. The zero-order valence-electron chi connectivity index (χ0n) is 12.1. The number of anilines is 1. The lowest BCUT2D eigenvalue weighted by atomic mass is 9.66. The van der Waals surface area contributed by atoms with Gasteiger partial charge in [-0.3, -0.25) is 0 Å². The zero-order valence-corrected chi connectivity index (χ0v) is 12.9. The standard InChI is InChI=1S/C17H25ClN2/c18-14-5-1-2-6-15(14)20-17(13-19)11-9-16(10-12-17)7-3-4-8-16/h1-2,5-6,20H,3-4,7-13,19H2. The number of halogens is 1. The molecule has 2 fully saturated rings. The van der Waals surface area contributed by atoms with Gasteiger partial charge in [0, 0.05) is 12.1 Å². The largest absolute Gasteiger partial charge is 0.377 e. The summed E-state index contributed by atoms with van der Waals surface area (Å²) in [5.41, 5.74) is 7.83. The van der Waals surface area contributed by atoms with Gasteiger partial charge in [0.15, 0.2) is 0 Å². The summed E-state index contributed by atoms with van der Waals surface area (Å²) < 4.78 is 0. The first kappa shape index (κ1) is 14.2. The molecule has 3 rings (SSSR count). The van der Waals surface area contributed by atoms with Gasteiger partial charge in [0.25, 0.3) is 0 Å². The summed E-state index contributed by atoms with van der Waals surface area (Å²) in [7, 11) is 0. The van der Waals surface area contributed by atoms with Crippen LogP contribution >= 0.6 is 11.6 Å². The fraction of sp³-hybridized carbons (Fsp3) is 0.647. The molecule has 2 nitrogen and oxygen atoms in total. The van der Waals surface area contributed by atoms with E-state index in [1.807, 2.05) is 18.2 Å². The molecular weight excluding hydrogens is 268 g/mol. The van der Waals surface area contributed by atoms with E-state index in [0.717, 1.165) is 10.7 Å². The molecule has 0 aromatic heterocycles. The molecule has 3 N–H and O–H groups in total. The maximum absolute atomic E-state index is 6.28. The Hall–Kier alpha value is -0.730. The van der Waals surface area contributed by atoms with Crippen LogP contribution in [0.15, 0.2) is 24.3 Å². The lowest BCUT2D eigenvalue weighted by molar-refractivity contribution is 0.148. The summed E-state index contributed by atoms with van der Waals surface area (Å²) in [6.07, 6.45) is 10.7. The van der Waals surface area contributed by atoms with E-state index < -0.39 is 0 Å². The second-order valence-electron chi connectivity index (χ2n) is 6.80. The molecule has 0 radical (unpaired) electrons. The topological polar surface area (TPSA) is 38.0 Å². The third-order valence-corrected chi connectivity index (χ3v) is 5.93. The molecule has 0 amide bonds. The molecule has 1 aromatic carbocycles. The van der Waals surface area contributed by atoms with E-state index in [-0.39, 0.29) is 5.54 Å². The van der Waals surface area contributed by atoms with Crippen molar-refractivity contribution >= 4 is 17.3 Å². The smallest absolute Gasteiger partial charge is 0.0637 e. The lowest BCUT2D eigenvalue weighted by Gasteiger charge is -2.45. The highest BCUT2D eigenvalue weighted by molar-refractivity contribution is 6.33. The molecule has 1 aromatic rings. The summed E-state index contributed by atoms with van der Waals surface area (Å²) in [5, 5.41) is 4.45. The van der Waals surface area contributed by atoms with Crippen molar-refractivity contribution in [2.45, 2.75) is 56.9 Å². The highest BCUT2D eigenvalue weighted by Crippen LogP contribution is 2.51. The molecule has 0 unspecified atom stereocenters. The number of nitrogens with two attached hydrogens (primary N) is 1. The highest BCUT2D eigenvalue weighted by Gasteiger charge is 2.43. The van der Waals surface area contributed by atoms with Gasteiger partial charge in [0.2, 0.25) is 0 Å². The quantitative estimate of drug-likeness (QED) is 0.855. The van der Waals surface area contributed by atoms with Crippen molar-refractivity contribution in [2.75, 3.05) is 11.9 Å². The molecule has 2 aliphatic rings. The number of nitrogens with one attached hydrogen (secondary N) is 1. The van der Waals surface area contributed by atoms with Crippen molar-refractivity contribution < 1.29 is 0 Å². The predicted octanol–water partition coefficient (Wildman–Crippen LogP) is 4.58. The summed E-state index contributed by atoms with van der Waals surface area (Å²) in [6, 6.07) is 7.99. The first-order chi connectivity index (χ1) is 9.67. The Morgan fingerprint density at radius 2 is 1.65 bits per heavy atom. The normalized spacial score (nSPS) is 23.9. The van der Waals surface area contributed by atoms with E-state index in [4.69, 9.17) is 17.3 Å². The SMILES string of the molecule is NCC1(Nc2ccccc2Cl)CCC2(CCCC2)CC1. The molecule has 2 aliphatic carbocycles. The van der Waals surface area contributed by atoms with E-state index in [2.05, 4.69) is 11.4 Å². The average Bonchev–Trinajstić information content (AvgIpc) is 2.93. The van der Waals surface area contributed by atoms with Crippen molar-refractivity contribution in [1.82, 2.24) is 0 Å². The molecule has 0 heterocycles. The van der Waals surface area contributed by atoms with E-state index in [1.54, 1.807) is 0 Å². The Kier molecular flexibility index (Phi) is 3.96. The molecule has 0 aliphatic heterocycles. The van der Waals surface area contributed by atoms with E-state index >= 15 is 0 Å². The second-order valence-corrected chi connectivity index (χ2v) is 7.20. The van der Waals surface area contributed by atoms with Crippen LogP contribution in [-0.4, -0.2) is 12.1 Å². The van der Waals surface area contributed by atoms with Crippen molar-refractivity contribution in [3.63, 3.8) is 0 Å². The second kappa shape index (κ2) is 5.57. The van der Waals surface area contributed by atoms with Crippen molar-refractivity contribution in [3.05, 3.63) is 29.3 Å². The van der Waals surface area contributed by atoms with Gasteiger partial charge in [-0.2, -0.15) is 0 Å². The van der Waals surface area contributed by atoms with Crippen LogP contribution in [0.25, 0.3) is 0 Å². The third kappa shape index (κ3) is 2.68. The molecule has 0 saturated heterocycles. The fourth-order valence-electron chi connectivity index (χ4n) is 4.11. The van der Waals surface area contributed by atoms with Crippen LogP contribution in [-0.2, 0) is 0 Å². The van der Waals surface area contributed by atoms with Crippen LogP contribution in [0, 0.1) is 5.41 Å². The average molecular weight is 293 g/mol. The highest BCUT2D eigenvalue weighted by atomic mass is 35.5. The molecule has 20 heavy (non-hydrogen) atoms. The van der Waals surface area contributed by atoms with Crippen LogP contribution < -0.4 is 11.1 Å². The van der Waals surface area contributed by atoms with E-state index in [1.165, 1.54) is 51.4 Å². The third-order valence-electron chi connectivity index (χ3n) is 5.60. The number of benzene rings is 1. The monoisotopic (exact) mass is 292 g/mol. The van der Waals surface area contributed by atoms with Gasteiger partial charge in [-0.25, -0.2) is 0 Å². The number of para-hydroxylation sites is 1. The summed E-state index contributed by atoms with van der Waals surface area (Å²) in [6.45, 7) is 0.689. The molecular formula is C17H25ClN2. The molecule has 0 atom stereocenters. The molecule has 3 heteroatoms. The summed E-state index contributed by atoms with van der Waals surface area (Å²) in [5.74, 6) is 0. The predicted molar refractivity (Wildman–Crippen MR) is 86.2 cm³/mol. The first-order valence-electron chi connectivity index (χ1n) is 7.90. The summed E-state index contributed by atoms with van der Waals surface area (Å²) >= 11 is 6.28. The summed E-state index contributed by atoms with van der Waals surface area (Å²) in [4.78, 5) is 0. The first-order valence-corrected chi connectivity index (χ1v) is 8.28. The van der Waals surface area contributed by atoms with Gasteiger partial charge in [-0.15, -0.1) is 0 Å². The minimum Gasteiger partial charge on any atom is -0.377 e. The van der Waals surface area contributed by atoms with Gasteiger partial charge >= 0.3 is 0 Å². The van der Waals surface area contributed by atoms with Gasteiger partial charge in [0.05, 0.1) is 10.7 Å². The van der Waals surface area contributed by atoms with Gasteiger partial charge < -0.3 is 11.1 Å². The minimum absolute atomic E-state index is 0.0405. The molecule has 1 spiro atoms. The van der Waals surface area contributed by atoms with Gasteiger partial charge in [-0.05, 0) is 56.1 Å². The van der Waals surface area contributed by atoms with Crippen LogP contribution in [0.4, 0.5) is 5.69 Å². The van der Waals surface area contributed by atoms with E-state index in [9.17, 15) is 0 Å². The number of hydrogen-bond acceptors (Lipinski definition) is 2. The zero-order chi connectivity index (χ0) is 14.1. The van der Waals surface area contributed by atoms with E-state index in [0.29, 0.717) is 12.0 Å². The van der Waals surface area contributed by atoms with Crippen LogP contribution in [0.5, 0.6) is 0 Å². The lowest BCUT2D eigenvalue weighted by Crippen LogP contribution is -2.50. The Balaban J connectivity index is 1.72. The Bertz CT molecular complexity index is 456. The Morgan fingerprint density at radius 3 is 2.25 bits per heavy atom. The van der Waals surface area contributed by atoms with Crippen LogP contribution in [0.1, 0.15) is 51.4 Å². The van der Waals surface area contributed by atoms with Crippen molar-refractivity contribution in [3.8, 4) is 0 Å². The Labute approximate surface area is 127 Å². The van der Waals surface area contributed by atoms with Gasteiger partial charge in [-0.1, -0.05) is 36.6 Å². The van der Waals surface area contributed by atoms with Crippen molar-refractivity contribution in [1.29, 1.82) is 0 Å². The molecule has 2 saturated carbocycles. The van der Waals surface area contributed by atoms with Crippen LogP contribution in [0.2, 0.25) is 5.02 Å². The molecule has 110 valence electrons. The van der Waals surface area contributed by atoms with Gasteiger partial charge in [0.1, 0.15) is 0 Å². The van der Waals surface area contributed by atoms with Crippen LogP contribution in [0.3, 0.4) is 0 Å².